The van der Waals surface area contributed by atoms with Gasteiger partial charge in [0.15, 0.2) is 11.3 Å². The second kappa shape index (κ2) is 7.11. The molecule has 1 aliphatic heterocycles. The van der Waals surface area contributed by atoms with Gasteiger partial charge in [-0.2, -0.15) is 10.4 Å². The van der Waals surface area contributed by atoms with Gasteiger partial charge < -0.3 is 9.30 Å². The molecule has 1 unspecified atom stereocenters. The summed E-state index contributed by atoms with van der Waals surface area (Å²) < 4.78 is 22.8. The average Bonchev–Trinajstić information content (AvgIpc) is 3.48. The molecule has 7 nitrogen and oxygen atoms in total. The molecule has 5 rings (SSSR count). The molecule has 3 aromatic heterocycles. The number of ether oxygens (including phenoxy) is 1. The number of benzene rings is 1. The molecule has 1 fully saturated rings. The molecule has 144 valence electrons. The van der Waals surface area contributed by atoms with Gasteiger partial charge in [-0.15, -0.1) is 0 Å². The van der Waals surface area contributed by atoms with Gasteiger partial charge in [-0.05, 0) is 49.2 Å². The smallest absolute Gasteiger partial charge is 0.162 e. The van der Waals surface area contributed by atoms with Gasteiger partial charge in [-0.1, -0.05) is 0 Å². The first-order chi connectivity index (χ1) is 14.2. The van der Waals surface area contributed by atoms with Crippen LogP contribution in [0.2, 0.25) is 0 Å². The molecule has 1 aromatic carbocycles. The van der Waals surface area contributed by atoms with Crippen LogP contribution in [0.5, 0.6) is 0 Å². The van der Waals surface area contributed by atoms with E-state index < -0.39 is 0 Å². The van der Waals surface area contributed by atoms with Crippen molar-refractivity contribution in [2.45, 2.75) is 25.5 Å². The molecular weight excluding hydrogens is 371 g/mol. The van der Waals surface area contributed by atoms with Crippen molar-refractivity contribution in [2.75, 3.05) is 6.61 Å². The fourth-order valence-electron chi connectivity index (χ4n) is 3.69. The first-order valence-corrected chi connectivity index (χ1v) is 9.41. The Bertz CT molecular complexity index is 1210. The van der Waals surface area contributed by atoms with E-state index in [1.54, 1.807) is 18.5 Å². The van der Waals surface area contributed by atoms with Crippen molar-refractivity contribution in [3.63, 3.8) is 0 Å². The fourth-order valence-corrected chi connectivity index (χ4v) is 3.69. The molecule has 1 aliphatic rings. The Hall–Kier alpha value is -3.57. The summed E-state index contributed by atoms with van der Waals surface area (Å²) in [4.78, 5) is 8.80. The molecule has 0 amide bonds. The first kappa shape index (κ1) is 17.5. The highest BCUT2D eigenvalue weighted by atomic mass is 19.1. The van der Waals surface area contributed by atoms with Crippen molar-refractivity contribution < 1.29 is 9.13 Å². The molecule has 8 heteroatoms. The van der Waals surface area contributed by atoms with Crippen molar-refractivity contribution in [3.8, 4) is 28.7 Å². The van der Waals surface area contributed by atoms with Gasteiger partial charge in [0.2, 0.25) is 0 Å². The molecule has 0 bridgehead atoms. The Kier molecular flexibility index (Phi) is 4.30. The lowest BCUT2D eigenvalue weighted by atomic mass is 10.1. The largest absolute Gasteiger partial charge is 0.376 e. The number of aromatic nitrogens is 5. The molecule has 0 radical (unpaired) electrons. The third kappa shape index (κ3) is 3.15. The minimum absolute atomic E-state index is 0.121. The Balaban J connectivity index is 1.67. The van der Waals surface area contributed by atoms with E-state index >= 15 is 0 Å². The summed E-state index contributed by atoms with van der Waals surface area (Å²) in [5.74, 6) is -0.300. The zero-order chi connectivity index (χ0) is 19.8. The van der Waals surface area contributed by atoms with Gasteiger partial charge >= 0.3 is 0 Å². The summed E-state index contributed by atoms with van der Waals surface area (Å²) in [6.45, 7) is 1.42. The summed E-state index contributed by atoms with van der Waals surface area (Å²) in [5.41, 5.74) is 3.90. The van der Waals surface area contributed by atoms with E-state index in [1.165, 1.54) is 22.8 Å². The second-order valence-corrected chi connectivity index (χ2v) is 6.98. The number of nitrogens with zero attached hydrogens (tertiary/aromatic N) is 6. The van der Waals surface area contributed by atoms with Gasteiger partial charge in [0.1, 0.15) is 17.6 Å². The quantitative estimate of drug-likeness (QED) is 0.535. The first-order valence-electron chi connectivity index (χ1n) is 9.41. The molecule has 4 aromatic rings. The zero-order valence-electron chi connectivity index (χ0n) is 15.5. The molecule has 1 saturated heterocycles. The third-order valence-electron chi connectivity index (χ3n) is 5.10. The van der Waals surface area contributed by atoms with E-state index in [4.69, 9.17) is 4.74 Å². The van der Waals surface area contributed by atoms with E-state index in [2.05, 4.69) is 21.1 Å². The van der Waals surface area contributed by atoms with Crippen LogP contribution in [0.15, 0.2) is 48.9 Å². The highest BCUT2D eigenvalue weighted by Gasteiger charge is 2.22. The van der Waals surface area contributed by atoms with Gasteiger partial charge in [-0.25, -0.2) is 18.9 Å². The summed E-state index contributed by atoms with van der Waals surface area (Å²) in [6.07, 6.45) is 5.42. The Morgan fingerprint density at radius 2 is 2.03 bits per heavy atom. The standard InChI is InChI=1S/C21H17FN6O/c22-15-5-3-14(4-6-15)20-21(27(13-25-20)12-17-2-1-9-29-17)18-7-8-19-24-11-16(10-23)28(19)26-18/h3-8,11,13,17H,1-2,9,12H2. The maximum absolute atomic E-state index is 13.4. The minimum atomic E-state index is -0.300. The van der Waals surface area contributed by atoms with Gasteiger partial charge in [0, 0.05) is 12.2 Å². The van der Waals surface area contributed by atoms with Gasteiger partial charge in [0.05, 0.1) is 36.6 Å². The normalized spacial score (nSPS) is 16.3. The highest BCUT2D eigenvalue weighted by Crippen LogP contribution is 2.31. The Morgan fingerprint density at radius 1 is 1.17 bits per heavy atom. The molecule has 0 N–H and O–H groups in total. The van der Waals surface area contributed by atoms with E-state index in [1.807, 2.05) is 16.7 Å². The maximum Gasteiger partial charge on any atom is 0.162 e. The lowest BCUT2D eigenvalue weighted by Gasteiger charge is -2.14. The summed E-state index contributed by atoms with van der Waals surface area (Å²) >= 11 is 0. The van der Waals surface area contributed by atoms with Crippen LogP contribution in [-0.4, -0.2) is 36.9 Å². The Labute approximate surface area is 166 Å². The zero-order valence-corrected chi connectivity index (χ0v) is 15.5. The van der Waals surface area contributed by atoms with Crippen molar-refractivity contribution in [2.24, 2.45) is 0 Å². The van der Waals surface area contributed by atoms with Gasteiger partial charge in [0.25, 0.3) is 0 Å². The van der Waals surface area contributed by atoms with Gasteiger partial charge in [-0.3, -0.25) is 0 Å². The third-order valence-corrected chi connectivity index (χ3v) is 5.10. The number of halogens is 1. The molecule has 29 heavy (non-hydrogen) atoms. The monoisotopic (exact) mass is 388 g/mol. The van der Waals surface area contributed by atoms with E-state index in [0.717, 1.165) is 30.7 Å². The number of imidazole rings is 2. The van der Waals surface area contributed by atoms with Crippen LogP contribution in [0.4, 0.5) is 4.39 Å². The average molecular weight is 388 g/mol. The predicted molar refractivity (Wildman–Crippen MR) is 103 cm³/mol. The lowest BCUT2D eigenvalue weighted by Crippen LogP contribution is -2.15. The van der Waals surface area contributed by atoms with Crippen molar-refractivity contribution in [3.05, 3.63) is 60.4 Å². The Morgan fingerprint density at radius 3 is 2.79 bits per heavy atom. The lowest BCUT2D eigenvalue weighted by molar-refractivity contribution is 0.0973. The number of nitriles is 1. The number of hydrogen-bond donors (Lipinski definition) is 0. The fraction of sp³-hybridized carbons (Fsp3) is 0.238. The van der Waals surface area contributed by atoms with Crippen molar-refractivity contribution in [1.82, 2.24) is 24.1 Å². The molecular formula is C21H17FN6O. The minimum Gasteiger partial charge on any atom is -0.376 e. The van der Waals surface area contributed by atoms with Crippen LogP contribution < -0.4 is 0 Å². The van der Waals surface area contributed by atoms with Crippen LogP contribution in [0.25, 0.3) is 28.3 Å². The van der Waals surface area contributed by atoms with Crippen molar-refractivity contribution >= 4 is 5.65 Å². The topological polar surface area (TPSA) is 81.0 Å². The van der Waals surface area contributed by atoms with Crippen LogP contribution in [0.3, 0.4) is 0 Å². The van der Waals surface area contributed by atoms with E-state index in [-0.39, 0.29) is 11.9 Å². The predicted octanol–water partition coefficient (Wildman–Crippen LogP) is 3.45. The van der Waals surface area contributed by atoms with Crippen LogP contribution in [0, 0.1) is 17.1 Å². The van der Waals surface area contributed by atoms with Crippen LogP contribution in [0.1, 0.15) is 18.5 Å². The number of fused-ring (bicyclic) bond motifs is 1. The maximum atomic E-state index is 13.4. The number of hydrogen-bond acceptors (Lipinski definition) is 5. The van der Waals surface area contributed by atoms with Crippen LogP contribution >= 0.6 is 0 Å². The molecule has 1 atom stereocenters. The van der Waals surface area contributed by atoms with Crippen molar-refractivity contribution in [1.29, 1.82) is 5.26 Å². The molecule has 4 heterocycles. The molecule has 0 saturated carbocycles. The summed E-state index contributed by atoms with van der Waals surface area (Å²) in [6, 6.07) is 12.0. The molecule has 0 spiro atoms. The van der Waals surface area contributed by atoms with E-state index in [9.17, 15) is 9.65 Å². The molecule has 0 aliphatic carbocycles. The SMILES string of the molecule is N#Cc1cnc2ccc(-c3c(-c4ccc(F)cc4)ncn3CC3CCCO3)nn12. The van der Waals surface area contributed by atoms with E-state index in [0.29, 0.717) is 29.3 Å². The second-order valence-electron chi connectivity index (χ2n) is 6.98. The highest BCUT2D eigenvalue weighted by molar-refractivity contribution is 5.77. The summed E-state index contributed by atoms with van der Waals surface area (Å²) in [7, 11) is 0. The number of rotatable bonds is 4. The van der Waals surface area contributed by atoms with Crippen LogP contribution in [-0.2, 0) is 11.3 Å². The summed E-state index contributed by atoms with van der Waals surface area (Å²) in [5, 5.41) is 14.0.